The summed E-state index contributed by atoms with van der Waals surface area (Å²) in [7, 11) is 0. The van der Waals surface area contributed by atoms with E-state index in [0.717, 1.165) is 54.8 Å². The molecule has 1 heterocycles. The number of hydrogen-bond acceptors (Lipinski definition) is 3. The van der Waals surface area contributed by atoms with Gasteiger partial charge in [0.2, 0.25) is 5.91 Å². The summed E-state index contributed by atoms with van der Waals surface area (Å²) in [5.41, 5.74) is 4.55. The van der Waals surface area contributed by atoms with Crippen LogP contribution in [0.15, 0.2) is 78.9 Å². The molecule has 35 heavy (non-hydrogen) atoms. The van der Waals surface area contributed by atoms with E-state index >= 15 is 0 Å². The van der Waals surface area contributed by atoms with Crippen LogP contribution in [0, 0.1) is 0 Å². The smallest absolute Gasteiger partial charge is 0.220 e. The highest BCUT2D eigenvalue weighted by Crippen LogP contribution is 2.22. The number of aromatic nitrogens is 2. The van der Waals surface area contributed by atoms with Crippen LogP contribution in [0.3, 0.4) is 0 Å². The molecule has 4 rings (SSSR count). The van der Waals surface area contributed by atoms with E-state index in [4.69, 9.17) is 9.72 Å². The van der Waals surface area contributed by atoms with Crippen molar-refractivity contribution in [2.24, 2.45) is 0 Å². The predicted octanol–water partition coefficient (Wildman–Crippen LogP) is 6.27. The molecule has 0 radical (unpaired) electrons. The lowest BCUT2D eigenvalue weighted by atomic mass is 10.1. The standard InChI is InChI=1S/C30H35N3O2/c1-3-24-15-18-26(19-16-24)35-22-10-9-21-33-28-14-8-7-13-27(28)32-30(33)23(2)31-29(34)20-17-25-11-5-4-6-12-25/h4-8,11-16,18-19,23H,3,9-10,17,20-22H2,1-2H3,(H,31,34). The molecule has 0 aliphatic carbocycles. The van der Waals surface area contributed by atoms with E-state index in [1.54, 1.807) is 0 Å². The second-order valence-electron chi connectivity index (χ2n) is 8.94. The number of amides is 1. The van der Waals surface area contributed by atoms with E-state index in [1.807, 2.05) is 55.5 Å². The number of unbranched alkanes of at least 4 members (excludes halogenated alkanes) is 1. The van der Waals surface area contributed by atoms with Crippen molar-refractivity contribution in [3.63, 3.8) is 0 Å². The minimum absolute atomic E-state index is 0.0439. The van der Waals surface area contributed by atoms with Crippen LogP contribution in [-0.4, -0.2) is 22.1 Å². The normalized spacial score (nSPS) is 11.9. The molecule has 0 bridgehead atoms. The summed E-state index contributed by atoms with van der Waals surface area (Å²) in [6.45, 7) is 5.68. The summed E-state index contributed by atoms with van der Waals surface area (Å²) in [4.78, 5) is 17.5. The number of rotatable bonds is 12. The number of nitrogens with zero attached hydrogens (tertiary/aromatic N) is 2. The average molecular weight is 470 g/mol. The molecule has 5 nitrogen and oxygen atoms in total. The first-order valence-corrected chi connectivity index (χ1v) is 12.6. The van der Waals surface area contributed by atoms with Crippen LogP contribution in [0.4, 0.5) is 0 Å². The topological polar surface area (TPSA) is 56.1 Å². The number of nitrogens with one attached hydrogen (secondary N) is 1. The number of carbonyl (C=O) groups excluding carboxylic acids is 1. The first-order valence-electron chi connectivity index (χ1n) is 12.6. The molecule has 0 aliphatic heterocycles. The van der Waals surface area contributed by atoms with Crippen LogP contribution in [0.1, 0.15) is 56.1 Å². The van der Waals surface area contributed by atoms with Crippen molar-refractivity contribution < 1.29 is 9.53 Å². The van der Waals surface area contributed by atoms with E-state index in [1.165, 1.54) is 11.1 Å². The highest BCUT2D eigenvalue weighted by molar-refractivity contribution is 5.78. The molecule has 5 heteroatoms. The van der Waals surface area contributed by atoms with Gasteiger partial charge in [0.05, 0.1) is 23.7 Å². The molecule has 3 aromatic carbocycles. The van der Waals surface area contributed by atoms with Crippen molar-refractivity contribution in [3.8, 4) is 5.75 Å². The molecular formula is C30H35N3O2. The maximum Gasteiger partial charge on any atom is 0.220 e. The molecule has 1 amide bonds. The van der Waals surface area contributed by atoms with Crippen molar-refractivity contribution in [1.29, 1.82) is 0 Å². The van der Waals surface area contributed by atoms with Gasteiger partial charge >= 0.3 is 0 Å². The van der Waals surface area contributed by atoms with Crippen molar-refractivity contribution in [2.75, 3.05) is 6.61 Å². The van der Waals surface area contributed by atoms with Gasteiger partial charge in [-0.05, 0) is 68.0 Å². The minimum Gasteiger partial charge on any atom is -0.494 e. The third-order valence-electron chi connectivity index (χ3n) is 6.31. The third-order valence-corrected chi connectivity index (χ3v) is 6.31. The van der Waals surface area contributed by atoms with Crippen LogP contribution in [-0.2, 0) is 24.2 Å². The number of fused-ring (bicyclic) bond motifs is 1. The lowest BCUT2D eigenvalue weighted by molar-refractivity contribution is -0.121. The summed E-state index contributed by atoms with van der Waals surface area (Å²) >= 11 is 0. The van der Waals surface area contributed by atoms with Gasteiger partial charge in [0.25, 0.3) is 0 Å². The van der Waals surface area contributed by atoms with E-state index in [2.05, 4.69) is 47.1 Å². The summed E-state index contributed by atoms with van der Waals surface area (Å²) < 4.78 is 8.17. The SMILES string of the molecule is CCc1ccc(OCCCCn2c(C(C)NC(=O)CCc3ccccc3)nc3ccccc32)cc1. The predicted molar refractivity (Wildman–Crippen MR) is 142 cm³/mol. The van der Waals surface area contributed by atoms with E-state index in [9.17, 15) is 4.79 Å². The number of aryl methyl sites for hydroxylation is 3. The molecule has 0 saturated heterocycles. The number of ether oxygens (including phenoxy) is 1. The maximum absolute atomic E-state index is 12.6. The van der Waals surface area contributed by atoms with Crippen LogP contribution in [0.25, 0.3) is 11.0 Å². The van der Waals surface area contributed by atoms with Crippen molar-refractivity contribution in [3.05, 3.63) is 95.8 Å². The Balaban J connectivity index is 1.33. The summed E-state index contributed by atoms with van der Waals surface area (Å²) in [6.07, 6.45) is 4.14. The molecule has 0 spiro atoms. The highest BCUT2D eigenvalue weighted by Gasteiger charge is 2.18. The summed E-state index contributed by atoms with van der Waals surface area (Å²) in [5, 5.41) is 3.15. The molecular weight excluding hydrogens is 434 g/mol. The lowest BCUT2D eigenvalue weighted by Crippen LogP contribution is -2.29. The van der Waals surface area contributed by atoms with Gasteiger partial charge < -0.3 is 14.6 Å². The summed E-state index contributed by atoms with van der Waals surface area (Å²) in [5.74, 6) is 1.86. The largest absolute Gasteiger partial charge is 0.494 e. The van der Waals surface area contributed by atoms with Crippen molar-refractivity contribution in [1.82, 2.24) is 14.9 Å². The number of carbonyl (C=O) groups is 1. The number of para-hydroxylation sites is 2. The number of benzene rings is 3. The van der Waals surface area contributed by atoms with Gasteiger partial charge in [-0.1, -0.05) is 61.5 Å². The van der Waals surface area contributed by atoms with E-state index in [0.29, 0.717) is 13.0 Å². The third kappa shape index (κ3) is 6.72. The zero-order valence-electron chi connectivity index (χ0n) is 20.7. The van der Waals surface area contributed by atoms with Crippen molar-refractivity contribution >= 4 is 16.9 Å². The number of hydrogen-bond donors (Lipinski definition) is 1. The Morgan fingerprint density at radius 1 is 0.943 bits per heavy atom. The van der Waals surface area contributed by atoms with Gasteiger partial charge in [0.1, 0.15) is 11.6 Å². The first kappa shape index (κ1) is 24.5. The Morgan fingerprint density at radius 2 is 1.69 bits per heavy atom. The zero-order valence-corrected chi connectivity index (χ0v) is 20.7. The van der Waals surface area contributed by atoms with Gasteiger partial charge in [-0.25, -0.2) is 4.98 Å². The van der Waals surface area contributed by atoms with E-state index in [-0.39, 0.29) is 11.9 Å². The van der Waals surface area contributed by atoms with Gasteiger partial charge in [0.15, 0.2) is 0 Å². The van der Waals surface area contributed by atoms with Crippen LogP contribution >= 0.6 is 0 Å². The Kier molecular flexibility index (Phi) is 8.55. The van der Waals surface area contributed by atoms with Crippen LogP contribution < -0.4 is 10.1 Å². The number of imidazole rings is 1. The first-order chi connectivity index (χ1) is 17.1. The van der Waals surface area contributed by atoms with Gasteiger partial charge in [-0.2, -0.15) is 0 Å². The fraction of sp³-hybridized carbons (Fsp3) is 0.333. The fourth-order valence-electron chi connectivity index (χ4n) is 4.32. The highest BCUT2D eigenvalue weighted by atomic mass is 16.5. The Hall–Kier alpha value is -3.60. The minimum atomic E-state index is -0.168. The Bertz CT molecular complexity index is 1220. The maximum atomic E-state index is 12.6. The lowest BCUT2D eigenvalue weighted by Gasteiger charge is -2.16. The Labute approximate surface area is 208 Å². The quantitative estimate of drug-likeness (QED) is 0.249. The molecule has 1 N–H and O–H groups in total. The molecule has 4 aromatic rings. The molecule has 0 saturated carbocycles. The summed E-state index contributed by atoms with van der Waals surface area (Å²) in [6, 6.07) is 26.4. The van der Waals surface area contributed by atoms with Crippen LogP contribution in [0.5, 0.6) is 5.75 Å². The average Bonchev–Trinajstić information content (AvgIpc) is 3.27. The Morgan fingerprint density at radius 3 is 2.46 bits per heavy atom. The molecule has 1 aromatic heterocycles. The zero-order chi connectivity index (χ0) is 24.5. The monoisotopic (exact) mass is 469 g/mol. The molecule has 0 aliphatic rings. The van der Waals surface area contributed by atoms with Gasteiger partial charge in [0, 0.05) is 13.0 Å². The second-order valence-corrected chi connectivity index (χ2v) is 8.94. The molecule has 182 valence electrons. The van der Waals surface area contributed by atoms with Crippen LogP contribution in [0.2, 0.25) is 0 Å². The fourth-order valence-corrected chi connectivity index (χ4v) is 4.32. The molecule has 1 atom stereocenters. The molecule has 0 fully saturated rings. The van der Waals surface area contributed by atoms with Crippen molar-refractivity contribution in [2.45, 2.75) is 58.5 Å². The van der Waals surface area contributed by atoms with E-state index < -0.39 is 0 Å². The second kappa shape index (κ2) is 12.2. The van der Waals surface area contributed by atoms with Gasteiger partial charge in [-0.15, -0.1) is 0 Å². The molecule has 1 unspecified atom stereocenters. The van der Waals surface area contributed by atoms with Gasteiger partial charge in [-0.3, -0.25) is 4.79 Å².